The number of esters is 1. The zero-order valence-corrected chi connectivity index (χ0v) is 16.0. The lowest BCUT2D eigenvalue weighted by atomic mass is 10.0. The van der Waals surface area contributed by atoms with Crippen LogP contribution >= 0.6 is 11.3 Å². The van der Waals surface area contributed by atoms with Gasteiger partial charge < -0.3 is 14.0 Å². The Labute approximate surface area is 156 Å². The number of thiazole rings is 1. The number of ether oxygens (including phenoxy) is 2. The van der Waals surface area contributed by atoms with E-state index >= 15 is 0 Å². The molecule has 1 heterocycles. The molecule has 140 valence electrons. The molecule has 0 saturated heterocycles. The minimum Gasteiger partial charge on any atom is -0.465 e. The first-order valence-corrected chi connectivity index (χ1v) is 9.72. The minimum atomic E-state index is -0.375. The number of hydrogen-bond donors (Lipinski definition) is 0. The van der Waals surface area contributed by atoms with Crippen molar-refractivity contribution < 1.29 is 19.1 Å². The van der Waals surface area contributed by atoms with Crippen molar-refractivity contribution in [1.82, 2.24) is 4.57 Å². The highest BCUT2D eigenvalue weighted by Crippen LogP contribution is 2.27. The maximum absolute atomic E-state index is 12.4. The molecule has 1 aromatic carbocycles. The highest BCUT2D eigenvalue weighted by Gasteiger charge is 2.18. The molecule has 0 unspecified atom stereocenters. The smallest absolute Gasteiger partial charge is 0.337 e. The molecule has 1 aliphatic rings. The summed E-state index contributed by atoms with van der Waals surface area (Å²) >= 11 is 1.41. The molecule has 1 aliphatic carbocycles. The molecule has 0 atom stereocenters. The van der Waals surface area contributed by atoms with E-state index in [2.05, 4.69) is 4.99 Å². The number of aromatic nitrogens is 1. The van der Waals surface area contributed by atoms with Gasteiger partial charge in [-0.25, -0.2) is 4.79 Å². The fourth-order valence-corrected chi connectivity index (χ4v) is 4.53. The summed E-state index contributed by atoms with van der Waals surface area (Å²) in [6.45, 7) is 1.12. The van der Waals surface area contributed by atoms with E-state index < -0.39 is 0 Å². The van der Waals surface area contributed by atoms with Crippen molar-refractivity contribution in [2.45, 2.75) is 38.6 Å². The van der Waals surface area contributed by atoms with Crippen LogP contribution in [-0.4, -0.2) is 37.3 Å². The zero-order chi connectivity index (χ0) is 18.5. The Balaban J connectivity index is 1.96. The fourth-order valence-electron chi connectivity index (χ4n) is 3.42. The van der Waals surface area contributed by atoms with Gasteiger partial charge in [0, 0.05) is 20.1 Å². The van der Waals surface area contributed by atoms with E-state index in [4.69, 9.17) is 9.47 Å². The van der Waals surface area contributed by atoms with Gasteiger partial charge in [-0.1, -0.05) is 24.2 Å². The first-order valence-electron chi connectivity index (χ1n) is 8.90. The van der Waals surface area contributed by atoms with Crippen molar-refractivity contribution in [3.05, 3.63) is 28.6 Å². The zero-order valence-electron chi connectivity index (χ0n) is 15.2. The average molecular weight is 376 g/mol. The Kier molecular flexibility index (Phi) is 6.21. The molecular formula is C19H24N2O4S. The van der Waals surface area contributed by atoms with E-state index in [-0.39, 0.29) is 11.9 Å². The molecule has 7 heteroatoms. The van der Waals surface area contributed by atoms with Crippen molar-refractivity contribution in [2.75, 3.05) is 20.8 Å². The quantitative estimate of drug-likeness (QED) is 0.726. The molecule has 0 spiro atoms. The second-order valence-corrected chi connectivity index (χ2v) is 7.57. The highest BCUT2D eigenvalue weighted by molar-refractivity contribution is 7.16. The monoisotopic (exact) mass is 376 g/mol. The predicted octanol–water partition coefficient (Wildman–Crippen LogP) is 3.14. The maximum atomic E-state index is 12.4. The van der Waals surface area contributed by atoms with Gasteiger partial charge in [0.2, 0.25) is 5.91 Å². The third-order valence-corrected chi connectivity index (χ3v) is 5.82. The number of fused-ring (bicyclic) bond motifs is 1. The fraction of sp³-hybridized carbons (Fsp3) is 0.526. The Hall–Kier alpha value is -1.99. The predicted molar refractivity (Wildman–Crippen MR) is 100 cm³/mol. The van der Waals surface area contributed by atoms with Gasteiger partial charge in [0.15, 0.2) is 4.80 Å². The van der Waals surface area contributed by atoms with Crippen molar-refractivity contribution in [2.24, 2.45) is 10.9 Å². The summed E-state index contributed by atoms with van der Waals surface area (Å²) in [6.07, 6.45) is 5.20. The summed E-state index contributed by atoms with van der Waals surface area (Å²) in [5, 5.41) is 0. The van der Waals surface area contributed by atoms with Gasteiger partial charge in [-0.2, -0.15) is 4.99 Å². The number of nitrogens with zero attached hydrogens (tertiary/aromatic N) is 2. The summed E-state index contributed by atoms with van der Waals surface area (Å²) in [4.78, 5) is 29.2. The van der Waals surface area contributed by atoms with Crippen LogP contribution < -0.4 is 4.80 Å². The van der Waals surface area contributed by atoms with Crippen molar-refractivity contribution >= 4 is 33.4 Å². The highest BCUT2D eigenvalue weighted by atomic mass is 32.1. The number of hydrogen-bond acceptors (Lipinski definition) is 5. The van der Waals surface area contributed by atoms with Gasteiger partial charge in [0.05, 0.1) is 29.5 Å². The number of methoxy groups -OCH3 is 2. The van der Waals surface area contributed by atoms with Crippen molar-refractivity contribution in [1.29, 1.82) is 0 Å². The molecule has 3 rings (SSSR count). The molecule has 0 radical (unpaired) electrons. The van der Waals surface area contributed by atoms with Gasteiger partial charge >= 0.3 is 5.97 Å². The van der Waals surface area contributed by atoms with Crippen molar-refractivity contribution in [3.8, 4) is 0 Å². The van der Waals surface area contributed by atoms with Crippen LogP contribution in [0.1, 0.15) is 42.5 Å². The van der Waals surface area contributed by atoms with E-state index in [0.29, 0.717) is 35.9 Å². The normalized spacial score (nSPS) is 15.7. The largest absolute Gasteiger partial charge is 0.465 e. The second kappa shape index (κ2) is 8.60. The van der Waals surface area contributed by atoms with Crippen LogP contribution in [-0.2, 0) is 20.8 Å². The Morgan fingerprint density at radius 3 is 2.73 bits per heavy atom. The van der Waals surface area contributed by atoms with Gasteiger partial charge in [-0.15, -0.1) is 0 Å². The number of carbonyl (C=O) groups is 2. The molecule has 1 aromatic heterocycles. The van der Waals surface area contributed by atoms with E-state index in [1.807, 2.05) is 10.6 Å². The van der Waals surface area contributed by atoms with E-state index in [1.165, 1.54) is 31.3 Å². The average Bonchev–Trinajstić information content (AvgIpc) is 3.26. The third kappa shape index (κ3) is 4.22. The van der Waals surface area contributed by atoms with Crippen LogP contribution in [0.5, 0.6) is 0 Å². The van der Waals surface area contributed by atoms with Crippen LogP contribution in [0.15, 0.2) is 23.2 Å². The summed E-state index contributed by atoms with van der Waals surface area (Å²) in [6, 6.07) is 5.39. The van der Waals surface area contributed by atoms with Crippen LogP contribution in [0.2, 0.25) is 0 Å². The van der Waals surface area contributed by atoms with Gasteiger partial charge in [-0.05, 0) is 37.0 Å². The Morgan fingerprint density at radius 2 is 2.04 bits per heavy atom. The molecule has 1 amide bonds. The van der Waals surface area contributed by atoms with E-state index in [9.17, 15) is 9.59 Å². The first kappa shape index (κ1) is 18.8. The van der Waals surface area contributed by atoms with Crippen LogP contribution in [0, 0.1) is 5.92 Å². The van der Waals surface area contributed by atoms with Gasteiger partial charge in [-0.3, -0.25) is 4.79 Å². The number of benzene rings is 1. The topological polar surface area (TPSA) is 69.9 Å². The van der Waals surface area contributed by atoms with Crippen molar-refractivity contribution in [3.63, 3.8) is 0 Å². The molecule has 0 bridgehead atoms. The number of rotatable bonds is 6. The van der Waals surface area contributed by atoms with E-state index in [0.717, 1.165) is 23.1 Å². The molecule has 1 saturated carbocycles. The molecule has 26 heavy (non-hydrogen) atoms. The first-order chi connectivity index (χ1) is 12.6. The number of carbonyl (C=O) groups excluding carboxylic acids is 2. The standard InChI is InChI=1S/C19H24N2O4S/c1-24-10-9-21-15-8-7-14(18(23)25-2)12-16(15)26-19(21)20-17(22)11-13-5-3-4-6-13/h7-8,12-13H,3-6,9-11H2,1-2H3. The lowest BCUT2D eigenvalue weighted by Gasteiger charge is -2.06. The SMILES string of the molecule is COCCn1c(=NC(=O)CC2CCCC2)sc2cc(C(=O)OC)ccc21. The van der Waals surface area contributed by atoms with Crippen LogP contribution in [0.3, 0.4) is 0 Å². The lowest BCUT2D eigenvalue weighted by molar-refractivity contribution is -0.118. The van der Waals surface area contributed by atoms with Crippen LogP contribution in [0.25, 0.3) is 10.2 Å². The summed E-state index contributed by atoms with van der Waals surface area (Å²) in [5.41, 5.74) is 1.43. The molecule has 1 fully saturated rings. The molecule has 0 aliphatic heterocycles. The molecule has 2 aromatic rings. The van der Waals surface area contributed by atoms with Gasteiger partial charge in [0.1, 0.15) is 0 Å². The second-order valence-electron chi connectivity index (χ2n) is 6.56. The molecular weight excluding hydrogens is 352 g/mol. The molecule has 6 nitrogen and oxygen atoms in total. The Morgan fingerprint density at radius 1 is 1.27 bits per heavy atom. The minimum absolute atomic E-state index is 0.0668. The van der Waals surface area contributed by atoms with E-state index in [1.54, 1.807) is 19.2 Å². The maximum Gasteiger partial charge on any atom is 0.337 e. The lowest BCUT2D eigenvalue weighted by Crippen LogP contribution is -2.19. The molecule has 0 N–H and O–H groups in total. The third-order valence-electron chi connectivity index (χ3n) is 4.78. The summed E-state index contributed by atoms with van der Waals surface area (Å²) < 4.78 is 12.9. The summed E-state index contributed by atoms with van der Waals surface area (Å²) in [5.74, 6) is 0.0290. The van der Waals surface area contributed by atoms with Crippen LogP contribution in [0.4, 0.5) is 0 Å². The Bertz CT molecular complexity index is 862. The summed E-state index contributed by atoms with van der Waals surface area (Å²) in [7, 11) is 3.01. The van der Waals surface area contributed by atoms with Gasteiger partial charge in [0.25, 0.3) is 0 Å². The number of amides is 1.